The molecule has 0 fully saturated rings. The van der Waals surface area contributed by atoms with Gasteiger partial charge in [0.25, 0.3) is 5.56 Å². The van der Waals surface area contributed by atoms with Gasteiger partial charge in [-0.3, -0.25) is 9.36 Å². The molecule has 2 heterocycles. The summed E-state index contributed by atoms with van der Waals surface area (Å²) in [6, 6.07) is 13.0. The van der Waals surface area contributed by atoms with E-state index >= 15 is 0 Å². The Balaban J connectivity index is 1.82. The third-order valence-electron chi connectivity index (χ3n) is 5.61. The van der Waals surface area contributed by atoms with Crippen molar-refractivity contribution in [3.63, 3.8) is 0 Å². The van der Waals surface area contributed by atoms with Gasteiger partial charge in [-0.05, 0) is 68.1 Å². The lowest BCUT2D eigenvalue weighted by Crippen LogP contribution is -2.26. The second kappa shape index (κ2) is 8.11. The summed E-state index contributed by atoms with van der Waals surface area (Å²) < 4.78 is 7.18. The fourth-order valence-corrected chi connectivity index (χ4v) is 4.63. The summed E-state index contributed by atoms with van der Waals surface area (Å²) in [5.41, 5.74) is 3.99. The molecule has 2 aromatic heterocycles. The average molecular weight is 421 g/mol. The largest absolute Gasteiger partial charge is 0.423 e. The molecule has 6 heteroatoms. The molecule has 0 aliphatic carbocycles. The summed E-state index contributed by atoms with van der Waals surface area (Å²) in [6.45, 7) is 8.13. The Labute approximate surface area is 178 Å². The lowest BCUT2D eigenvalue weighted by atomic mass is 10.0. The van der Waals surface area contributed by atoms with E-state index in [1.165, 1.54) is 17.8 Å². The number of hydrogen-bond donors (Lipinski definition) is 0. The van der Waals surface area contributed by atoms with Gasteiger partial charge < -0.3 is 4.42 Å². The lowest BCUT2D eigenvalue weighted by Gasteiger charge is -2.18. The van der Waals surface area contributed by atoms with Gasteiger partial charge in [-0.2, -0.15) is 0 Å². The summed E-state index contributed by atoms with van der Waals surface area (Å²) in [5.74, 6) is 0.520. The highest BCUT2D eigenvalue weighted by Crippen LogP contribution is 2.29. The Hall–Kier alpha value is -2.86. The van der Waals surface area contributed by atoms with Crippen LogP contribution in [0.3, 0.4) is 0 Å². The number of hydrogen-bond acceptors (Lipinski definition) is 5. The molecule has 154 valence electrons. The van der Waals surface area contributed by atoms with Gasteiger partial charge >= 0.3 is 5.63 Å². The zero-order valence-corrected chi connectivity index (χ0v) is 18.4. The molecule has 2 aromatic carbocycles. The number of benzene rings is 2. The molecule has 1 atom stereocenters. The molecular weight excluding hydrogens is 396 g/mol. The second-order valence-corrected chi connectivity index (χ2v) is 8.60. The summed E-state index contributed by atoms with van der Waals surface area (Å²) >= 11 is 1.48. The fraction of sp³-hybridized carbons (Fsp3) is 0.292. The molecule has 0 N–H and O–H groups in total. The normalized spacial score (nSPS) is 12.5. The zero-order chi connectivity index (χ0) is 21.4. The topological polar surface area (TPSA) is 65.1 Å². The van der Waals surface area contributed by atoms with Crippen molar-refractivity contribution in [1.82, 2.24) is 9.55 Å². The highest BCUT2D eigenvalue weighted by molar-refractivity contribution is 7.98. The smallest absolute Gasteiger partial charge is 0.336 e. The Morgan fingerprint density at radius 1 is 1.07 bits per heavy atom. The number of nitrogens with zero attached hydrogens (tertiary/aromatic N) is 2. The first kappa shape index (κ1) is 20.4. The third kappa shape index (κ3) is 3.67. The van der Waals surface area contributed by atoms with Crippen LogP contribution in [0.5, 0.6) is 0 Å². The maximum atomic E-state index is 13.2. The molecule has 0 aliphatic rings. The molecule has 30 heavy (non-hydrogen) atoms. The Morgan fingerprint density at radius 2 is 1.80 bits per heavy atom. The Bertz CT molecular complexity index is 1370. The highest BCUT2D eigenvalue weighted by atomic mass is 32.2. The number of thioether (sulfide) groups is 1. The predicted octanol–water partition coefficient (Wildman–Crippen LogP) is 5.38. The van der Waals surface area contributed by atoms with Crippen LogP contribution in [-0.2, 0) is 5.75 Å². The minimum atomic E-state index is -0.368. The van der Waals surface area contributed by atoms with Crippen LogP contribution in [-0.4, -0.2) is 9.55 Å². The van der Waals surface area contributed by atoms with Crippen LogP contribution < -0.4 is 11.2 Å². The summed E-state index contributed by atoms with van der Waals surface area (Å²) in [7, 11) is 0. The molecule has 5 nitrogen and oxygen atoms in total. The van der Waals surface area contributed by atoms with E-state index in [9.17, 15) is 9.59 Å². The molecule has 0 saturated carbocycles. The van der Waals surface area contributed by atoms with E-state index in [-0.39, 0.29) is 17.2 Å². The molecular formula is C24H24N2O3S. The lowest BCUT2D eigenvalue weighted by molar-refractivity contribution is 0.468. The molecule has 0 spiro atoms. The van der Waals surface area contributed by atoms with E-state index in [0.29, 0.717) is 27.4 Å². The van der Waals surface area contributed by atoms with Gasteiger partial charge in [-0.1, -0.05) is 30.8 Å². The molecule has 4 rings (SSSR count). The molecule has 0 radical (unpaired) electrons. The van der Waals surface area contributed by atoms with Crippen molar-refractivity contribution in [2.24, 2.45) is 0 Å². The average Bonchev–Trinajstić information content (AvgIpc) is 2.73. The fourth-order valence-electron chi connectivity index (χ4n) is 3.54. The van der Waals surface area contributed by atoms with Crippen molar-refractivity contribution in [3.8, 4) is 0 Å². The number of aryl methyl sites for hydroxylation is 2. The van der Waals surface area contributed by atoms with Gasteiger partial charge in [0, 0.05) is 23.2 Å². The third-order valence-corrected chi connectivity index (χ3v) is 6.61. The van der Waals surface area contributed by atoms with Gasteiger partial charge in [-0.15, -0.1) is 0 Å². The Morgan fingerprint density at radius 3 is 2.57 bits per heavy atom. The molecule has 4 aromatic rings. The standard InChI is InChI=1S/C24H24N2O3S/c1-5-16(4)26-23(28)18-8-6-7-9-20(18)25-24(26)30-13-17-12-22(27)29-21-11-15(3)14(2)10-19(17)21/h6-12,16H,5,13H2,1-4H3/t16-/m0/s1. The second-order valence-electron chi connectivity index (χ2n) is 7.66. The van der Waals surface area contributed by atoms with Crippen LogP contribution in [0.1, 0.15) is 43.0 Å². The number of rotatable bonds is 5. The molecule has 0 unspecified atom stereocenters. The van der Waals surface area contributed by atoms with E-state index in [4.69, 9.17) is 9.40 Å². The van der Waals surface area contributed by atoms with Gasteiger partial charge in [-0.25, -0.2) is 9.78 Å². The monoisotopic (exact) mass is 420 g/mol. The van der Waals surface area contributed by atoms with Gasteiger partial charge in [0.05, 0.1) is 10.9 Å². The van der Waals surface area contributed by atoms with Crippen LogP contribution in [0.25, 0.3) is 21.9 Å². The van der Waals surface area contributed by atoms with E-state index in [2.05, 4.69) is 13.0 Å². The predicted molar refractivity (Wildman–Crippen MR) is 123 cm³/mol. The van der Waals surface area contributed by atoms with Crippen LogP contribution in [0.2, 0.25) is 0 Å². The zero-order valence-electron chi connectivity index (χ0n) is 17.6. The van der Waals surface area contributed by atoms with Crippen molar-refractivity contribution >= 4 is 33.6 Å². The van der Waals surface area contributed by atoms with Crippen LogP contribution in [0, 0.1) is 13.8 Å². The summed E-state index contributed by atoms with van der Waals surface area (Å²) in [5, 5.41) is 2.21. The van der Waals surface area contributed by atoms with Crippen LogP contribution >= 0.6 is 11.8 Å². The maximum absolute atomic E-state index is 13.2. The Kier molecular flexibility index (Phi) is 5.52. The maximum Gasteiger partial charge on any atom is 0.336 e. The number of aromatic nitrogens is 2. The van der Waals surface area contributed by atoms with E-state index in [1.807, 2.05) is 51.1 Å². The van der Waals surface area contributed by atoms with Crippen molar-refractivity contribution in [2.75, 3.05) is 0 Å². The first-order chi connectivity index (χ1) is 14.4. The summed E-state index contributed by atoms with van der Waals surface area (Å²) in [4.78, 5) is 30.0. The van der Waals surface area contributed by atoms with E-state index < -0.39 is 0 Å². The number of fused-ring (bicyclic) bond motifs is 2. The van der Waals surface area contributed by atoms with Crippen LogP contribution in [0.15, 0.2) is 61.6 Å². The number of para-hydroxylation sites is 1. The molecule has 0 saturated heterocycles. The van der Waals surface area contributed by atoms with Crippen molar-refractivity contribution in [2.45, 2.75) is 51.1 Å². The van der Waals surface area contributed by atoms with Crippen molar-refractivity contribution < 1.29 is 4.42 Å². The SMILES string of the molecule is CC[C@H](C)n1c(SCc2cc(=O)oc3cc(C)c(C)cc23)nc2ccccc2c1=O. The quantitative estimate of drug-likeness (QED) is 0.246. The molecule has 0 aliphatic heterocycles. The molecule has 0 amide bonds. The first-order valence-electron chi connectivity index (χ1n) is 10.1. The minimum absolute atomic E-state index is 0.0265. The highest BCUT2D eigenvalue weighted by Gasteiger charge is 2.16. The summed E-state index contributed by atoms with van der Waals surface area (Å²) in [6.07, 6.45) is 0.823. The van der Waals surface area contributed by atoms with Crippen molar-refractivity contribution in [1.29, 1.82) is 0 Å². The minimum Gasteiger partial charge on any atom is -0.423 e. The van der Waals surface area contributed by atoms with Crippen LogP contribution in [0.4, 0.5) is 0 Å². The van der Waals surface area contributed by atoms with Gasteiger partial charge in [0.15, 0.2) is 5.16 Å². The first-order valence-corrected chi connectivity index (χ1v) is 11.1. The van der Waals surface area contributed by atoms with E-state index in [1.54, 1.807) is 4.57 Å². The van der Waals surface area contributed by atoms with Gasteiger partial charge in [0.2, 0.25) is 0 Å². The van der Waals surface area contributed by atoms with Crippen molar-refractivity contribution in [3.05, 3.63) is 79.9 Å². The molecule has 0 bridgehead atoms. The van der Waals surface area contributed by atoms with Gasteiger partial charge in [0.1, 0.15) is 5.58 Å². The van der Waals surface area contributed by atoms with E-state index in [0.717, 1.165) is 28.5 Å².